The molecule has 14 heavy (non-hydrogen) atoms. The molecule has 0 aliphatic carbocycles. The number of aryl methyl sites for hydroxylation is 1. The molecule has 74 valence electrons. The first-order valence-electron chi connectivity index (χ1n) is 4.47. The maximum Gasteiger partial charge on any atom is 0.172 e. The van der Waals surface area contributed by atoms with Crippen molar-refractivity contribution in [2.24, 2.45) is 5.73 Å². The molecule has 0 saturated heterocycles. The average molecular weight is 192 g/mol. The highest BCUT2D eigenvalue weighted by atomic mass is 16.5. The van der Waals surface area contributed by atoms with E-state index in [0.717, 1.165) is 22.5 Å². The molecule has 0 aromatic carbocycles. The van der Waals surface area contributed by atoms with Crippen LogP contribution in [0.5, 0.6) is 0 Å². The third-order valence-corrected chi connectivity index (χ3v) is 1.99. The lowest BCUT2D eigenvalue weighted by Crippen LogP contribution is -2.13. The Labute approximate surface area is 81.3 Å². The van der Waals surface area contributed by atoms with Crippen LogP contribution in [-0.4, -0.2) is 23.2 Å². The van der Waals surface area contributed by atoms with Gasteiger partial charge in [0.25, 0.3) is 0 Å². The minimum Gasteiger partial charge on any atom is -0.369 e. The Morgan fingerprint density at radius 1 is 1.57 bits per heavy atom. The Morgan fingerprint density at radius 3 is 3.21 bits per heavy atom. The zero-order valence-corrected chi connectivity index (χ0v) is 7.95. The first-order valence-corrected chi connectivity index (χ1v) is 4.47. The molecule has 0 aliphatic rings. The predicted octanol–water partition coefficient (Wildman–Crippen LogP) is 0.902. The van der Waals surface area contributed by atoms with Gasteiger partial charge in [0.2, 0.25) is 0 Å². The van der Waals surface area contributed by atoms with Crippen molar-refractivity contribution >= 4 is 16.8 Å². The van der Waals surface area contributed by atoms with Gasteiger partial charge in [-0.25, -0.2) is 4.98 Å². The van der Waals surface area contributed by atoms with Crippen LogP contribution in [0.1, 0.15) is 5.69 Å². The Morgan fingerprint density at radius 2 is 2.43 bits per heavy atom. The van der Waals surface area contributed by atoms with Gasteiger partial charge in [-0.2, -0.15) is 0 Å². The van der Waals surface area contributed by atoms with Crippen LogP contribution in [0.4, 0.5) is 5.82 Å². The molecule has 0 atom stereocenters. The second-order valence-electron chi connectivity index (χ2n) is 3.05. The van der Waals surface area contributed by atoms with E-state index >= 15 is 0 Å². The minimum absolute atomic E-state index is 0.579. The lowest BCUT2D eigenvalue weighted by atomic mass is 10.3. The zero-order valence-electron chi connectivity index (χ0n) is 7.95. The van der Waals surface area contributed by atoms with Crippen LogP contribution in [0.2, 0.25) is 0 Å². The monoisotopic (exact) mass is 192 g/mol. The van der Waals surface area contributed by atoms with Crippen LogP contribution in [-0.2, 0) is 0 Å². The van der Waals surface area contributed by atoms with E-state index < -0.39 is 0 Å². The molecule has 2 aromatic rings. The summed E-state index contributed by atoms with van der Waals surface area (Å²) in [5.74, 6) is 0.763. The summed E-state index contributed by atoms with van der Waals surface area (Å²) in [5.41, 5.74) is 6.97. The standard InChI is InChI=1S/C9H12N4O/c1-6-7-5-12-9(11-3-2-10)4-8(7)14-13-6/h4-5H,2-3,10H2,1H3,(H,11,12). The molecule has 0 spiro atoms. The normalized spacial score (nSPS) is 10.7. The SMILES string of the molecule is Cc1noc2cc(NCCN)ncc12. The molecule has 5 nitrogen and oxygen atoms in total. The fourth-order valence-electron chi connectivity index (χ4n) is 1.25. The van der Waals surface area contributed by atoms with Crippen molar-refractivity contribution < 1.29 is 4.52 Å². The van der Waals surface area contributed by atoms with Crippen molar-refractivity contribution in [3.8, 4) is 0 Å². The molecule has 5 heteroatoms. The molecule has 2 rings (SSSR count). The van der Waals surface area contributed by atoms with Crippen LogP contribution in [0.3, 0.4) is 0 Å². The van der Waals surface area contributed by atoms with Crippen molar-refractivity contribution in [3.05, 3.63) is 18.0 Å². The van der Waals surface area contributed by atoms with E-state index in [-0.39, 0.29) is 0 Å². The number of hydrogen-bond donors (Lipinski definition) is 2. The second kappa shape index (κ2) is 3.63. The lowest BCUT2D eigenvalue weighted by Gasteiger charge is -2.01. The van der Waals surface area contributed by atoms with Crippen LogP contribution in [0.15, 0.2) is 16.8 Å². The lowest BCUT2D eigenvalue weighted by molar-refractivity contribution is 0.450. The quantitative estimate of drug-likeness (QED) is 0.755. The van der Waals surface area contributed by atoms with E-state index in [1.54, 1.807) is 6.20 Å². The molecular weight excluding hydrogens is 180 g/mol. The Hall–Kier alpha value is -1.62. The Bertz CT molecular complexity index is 437. The number of nitrogens with two attached hydrogens (primary N) is 1. The van der Waals surface area contributed by atoms with Crippen molar-refractivity contribution in [1.29, 1.82) is 0 Å². The Balaban J connectivity index is 2.32. The highest BCUT2D eigenvalue weighted by molar-refractivity contribution is 5.80. The number of anilines is 1. The summed E-state index contributed by atoms with van der Waals surface area (Å²) in [7, 11) is 0. The van der Waals surface area contributed by atoms with E-state index in [4.69, 9.17) is 10.3 Å². The van der Waals surface area contributed by atoms with Gasteiger partial charge in [-0.15, -0.1) is 0 Å². The summed E-state index contributed by atoms with van der Waals surface area (Å²) in [5, 5.41) is 7.87. The molecule has 2 aromatic heterocycles. The van der Waals surface area contributed by atoms with Gasteiger partial charge in [-0.3, -0.25) is 0 Å². The third kappa shape index (κ3) is 1.54. The molecule has 0 aliphatic heterocycles. The van der Waals surface area contributed by atoms with Crippen molar-refractivity contribution in [3.63, 3.8) is 0 Å². The maximum atomic E-state index is 5.37. The van der Waals surface area contributed by atoms with Gasteiger partial charge in [0.1, 0.15) is 5.82 Å². The van der Waals surface area contributed by atoms with Gasteiger partial charge in [0.15, 0.2) is 5.58 Å². The number of fused-ring (bicyclic) bond motifs is 1. The van der Waals surface area contributed by atoms with Gasteiger partial charge in [0, 0.05) is 25.4 Å². The zero-order chi connectivity index (χ0) is 9.97. The fraction of sp³-hybridized carbons (Fsp3) is 0.333. The molecule has 0 radical (unpaired) electrons. The number of nitrogens with one attached hydrogen (secondary N) is 1. The molecule has 3 N–H and O–H groups in total. The molecule has 2 heterocycles. The highest BCUT2D eigenvalue weighted by Gasteiger charge is 2.04. The summed E-state index contributed by atoms with van der Waals surface area (Å²) < 4.78 is 5.11. The van der Waals surface area contributed by atoms with E-state index in [1.165, 1.54) is 0 Å². The van der Waals surface area contributed by atoms with Gasteiger partial charge in [-0.05, 0) is 6.92 Å². The first-order chi connectivity index (χ1) is 6.81. The molecule has 0 saturated carbocycles. The van der Waals surface area contributed by atoms with E-state index in [9.17, 15) is 0 Å². The molecule has 0 unspecified atom stereocenters. The number of pyridine rings is 1. The Kier molecular flexibility index (Phi) is 2.32. The summed E-state index contributed by atoms with van der Waals surface area (Å²) in [4.78, 5) is 4.21. The van der Waals surface area contributed by atoms with Gasteiger partial charge < -0.3 is 15.6 Å². The number of nitrogens with zero attached hydrogens (tertiary/aromatic N) is 2. The predicted molar refractivity (Wildman–Crippen MR) is 54.1 cm³/mol. The summed E-state index contributed by atoms with van der Waals surface area (Å²) >= 11 is 0. The number of rotatable bonds is 3. The van der Waals surface area contributed by atoms with Crippen LogP contribution in [0, 0.1) is 6.92 Å². The maximum absolute atomic E-state index is 5.37. The van der Waals surface area contributed by atoms with E-state index in [0.29, 0.717) is 13.1 Å². The van der Waals surface area contributed by atoms with Gasteiger partial charge in [-0.1, -0.05) is 5.16 Å². The second-order valence-corrected chi connectivity index (χ2v) is 3.05. The van der Waals surface area contributed by atoms with E-state index in [2.05, 4.69) is 15.5 Å². The largest absolute Gasteiger partial charge is 0.369 e. The third-order valence-electron chi connectivity index (χ3n) is 1.99. The van der Waals surface area contributed by atoms with Crippen LogP contribution >= 0.6 is 0 Å². The topological polar surface area (TPSA) is 77.0 Å². The number of hydrogen-bond acceptors (Lipinski definition) is 5. The molecule has 0 bridgehead atoms. The summed E-state index contributed by atoms with van der Waals surface area (Å²) in [6.07, 6.45) is 1.75. The minimum atomic E-state index is 0.579. The van der Waals surface area contributed by atoms with Crippen molar-refractivity contribution in [2.75, 3.05) is 18.4 Å². The average Bonchev–Trinajstić information content (AvgIpc) is 2.57. The van der Waals surface area contributed by atoms with Crippen molar-refractivity contribution in [1.82, 2.24) is 10.1 Å². The fourth-order valence-corrected chi connectivity index (χ4v) is 1.25. The highest BCUT2D eigenvalue weighted by Crippen LogP contribution is 2.18. The van der Waals surface area contributed by atoms with Gasteiger partial charge >= 0.3 is 0 Å². The van der Waals surface area contributed by atoms with Gasteiger partial charge in [0.05, 0.1) is 11.1 Å². The first kappa shape index (κ1) is 8.96. The number of aromatic nitrogens is 2. The smallest absolute Gasteiger partial charge is 0.172 e. The van der Waals surface area contributed by atoms with Crippen LogP contribution in [0.25, 0.3) is 11.0 Å². The van der Waals surface area contributed by atoms with Crippen LogP contribution < -0.4 is 11.1 Å². The van der Waals surface area contributed by atoms with Crippen molar-refractivity contribution in [2.45, 2.75) is 6.92 Å². The molecule has 0 amide bonds. The van der Waals surface area contributed by atoms with E-state index in [1.807, 2.05) is 13.0 Å². The molecule has 0 fully saturated rings. The summed E-state index contributed by atoms with van der Waals surface area (Å²) in [6, 6.07) is 1.82. The summed E-state index contributed by atoms with van der Waals surface area (Å²) in [6.45, 7) is 3.17. The molecular formula is C9H12N4O.